The molecule has 4 heteroatoms. The predicted molar refractivity (Wildman–Crippen MR) is 63.8 cm³/mol. The average molecular weight is 283 g/mol. The summed E-state index contributed by atoms with van der Waals surface area (Å²) in [5.41, 5.74) is 0.559. The zero-order valence-electron chi connectivity index (χ0n) is 8.56. The highest BCUT2D eigenvalue weighted by Crippen LogP contribution is 2.14. The number of benzene rings is 1. The molecule has 0 aliphatic rings. The van der Waals surface area contributed by atoms with Crippen molar-refractivity contribution in [3.8, 4) is 0 Å². The summed E-state index contributed by atoms with van der Waals surface area (Å²) in [5, 5.41) is 0. The van der Waals surface area contributed by atoms with Crippen LogP contribution in [0.4, 0.5) is 0 Å². The van der Waals surface area contributed by atoms with Gasteiger partial charge in [-0.3, -0.25) is 9.59 Å². The van der Waals surface area contributed by atoms with Gasteiger partial charge in [-0.15, -0.1) is 0 Å². The maximum absolute atomic E-state index is 11.8. The summed E-state index contributed by atoms with van der Waals surface area (Å²) in [4.78, 5) is 32.5. The van der Waals surface area contributed by atoms with E-state index in [0.717, 1.165) is 0 Å². The number of alkyl halides is 1. The molecule has 1 rings (SSSR count). The van der Waals surface area contributed by atoms with E-state index in [1.807, 2.05) is 6.07 Å². The van der Waals surface area contributed by atoms with Crippen LogP contribution in [0.15, 0.2) is 30.3 Å². The van der Waals surface area contributed by atoms with Gasteiger partial charge in [0.15, 0.2) is 5.78 Å². The molecule has 0 aromatic heterocycles. The van der Waals surface area contributed by atoms with Crippen LogP contribution in [-0.4, -0.2) is 22.7 Å². The lowest BCUT2D eigenvalue weighted by Gasteiger charge is -2.06. The monoisotopic (exact) mass is 282 g/mol. The van der Waals surface area contributed by atoms with Crippen LogP contribution in [0.25, 0.3) is 0 Å². The fourth-order valence-electron chi connectivity index (χ4n) is 1.25. The number of Topliss-reactive ketones (excluding diaryl/α,β-unsaturated/α-hetero) is 2. The van der Waals surface area contributed by atoms with Crippen LogP contribution in [0.3, 0.4) is 0 Å². The molecule has 16 heavy (non-hydrogen) atoms. The largest absolute Gasteiger partial charge is 0.303 e. The SMILES string of the molecule is O=CCC(=O)CC(Br)C(=O)c1ccccc1. The van der Waals surface area contributed by atoms with Crippen molar-refractivity contribution >= 4 is 33.8 Å². The number of rotatable bonds is 6. The molecule has 0 N–H and O–H groups in total. The van der Waals surface area contributed by atoms with Gasteiger partial charge in [0.05, 0.1) is 11.2 Å². The Balaban J connectivity index is 2.61. The Morgan fingerprint density at radius 1 is 1.25 bits per heavy atom. The Labute approximate surface area is 102 Å². The molecule has 0 heterocycles. The molecule has 0 saturated heterocycles. The van der Waals surface area contributed by atoms with Crippen LogP contribution in [0.5, 0.6) is 0 Å². The molecule has 3 nitrogen and oxygen atoms in total. The van der Waals surface area contributed by atoms with Gasteiger partial charge in [0.25, 0.3) is 0 Å². The standard InChI is InChI=1S/C12H11BrO3/c13-11(8-10(15)6-7-14)12(16)9-4-2-1-3-5-9/h1-5,7,11H,6,8H2. The minimum absolute atomic E-state index is 0.0481. The third-order valence-corrected chi connectivity index (χ3v) is 2.80. The van der Waals surface area contributed by atoms with Gasteiger partial charge in [-0.25, -0.2) is 0 Å². The normalized spacial score (nSPS) is 11.8. The lowest BCUT2D eigenvalue weighted by molar-refractivity contribution is -0.122. The molecule has 1 aromatic carbocycles. The van der Waals surface area contributed by atoms with E-state index >= 15 is 0 Å². The summed E-state index contributed by atoms with van der Waals surface area (Å²) in [6, 6.07) is 8.74. The van der Waals surface area contributed by atoms with E-state index in [0.29, 0.717) is 11.8 Å². The second kappa shape index (κ2) is 6.33. The van der Waals surface area contributed by atoms with Gasteiger partial charge in [0, 0.05) is 12.0 Å². The van der Waals surface area contributed by atoms with Gasteiger partial charge < -0.3 is 4.79 Å². The van der Waals surface area contributed by atoms with E-state index in [4.69, 9.17) is 0 Å². The van der Waals surface area contributed by atoms with Crippen LogP contribution in [-0.2, 0) is 9.59 Å². The zero-order chi connectivity index (χ0) is 12.0. The van der Waals surface area contributed by atoms with Crippen LogP contribution in [0.2, 0.25) is 0 Å². The van der Waals surface area contributed by atoms with E-state index in [9.17, 15) is 14.4 Å². The minimum atomic E-state index is -0.553. The molecule has 0 aliphatic heterocycles. The molecular weight excluding hydrogens is 272 g/mol. The zero-order valence-corrected chi connectivity index (χ0v) is 10.1. The van der Waals surface area contributed by atoms with Crippen molar-refractivity contribution in [1.29, 1.82) is 0 Å². The van der Waals surface area contributed by atoms with Gasteiger partial charge in [0.2, 0.25) is 0 Å². The highest BCUT2D eigenvalue weighted by atomic mass is 79.9. The van der Waals surface area contributed by atoms with Crippen LogP contribution < -0.4 is 0 Å². The Hall–Kier alpha value is -1.29. The average Bonchev–Trinajstić information content (AvgIpc) is 2.29. The molecular formula is C12H11BrO3. The first-order valence-corrected chi connectivity index (χ1v) is 5.75. The highest BCUT2D eigenvalue weighted by Gasteiger charge is 2.19. The summed E-state index contributed by atoms with van der Waals surface area (Å²) in [6.45, 7) is 0. The number of ketones is 2. The van der Waals surface area contributed by atoms with Crippen molar-refractivity contribution in [2.24, 2.45) is 0 Å². The maximum Gasteiger partial charge on any atom is 0.176 e. The third-order valence-electron chi connectivity index (χ3n) is 2.06. The van der Waals surface area contributed by atoms with E-state index in [1.54, 1.807) is 24.3 Å². The van der Waals surface area contributed by atoms with Crippen molar-refractivity contribution in [1.82, 2.24) is 0 Å². The molecule has 1 atom stereocenters. The summed E-state index contributed by atoms with van der Waals surface area (Å²) < 4.78 is 0. The lowest BCUT2D eigenvalue weighted by Crippen LogP contribution is -2.18. The van der Waals surface area contributed by atoms with E-state index < -0.39 is 4.83 Å². The summed E-state index contributed by atoms with van der Waals surface area (Å²) in [7, 11) is 0. The van der Waals surface area contributed by atoms with E-state index in [1.165, 1.54) is 0 Å². The molecule has 0 saturated carbocycles. The van der Waals surface area contributed by atoms with Gasteiger partial charge in [-0.2, -0.15) is 0 Å². The van der Waals surface area contributed by atoms with Crippen LogP contribution >= 0.6 is 15.9 Å². The number of hydrogen-bond acceptors (Lipinski definition) is 3. The number of halogens is 1. The van der Waals surface area contributed by atoms with E-state index in [-0.39, 0.29) is 24.4 Å². The Morgan fingerprint density at radius 2 is 1.88 bits per heavy atom. The predicted octanol–water partition coefficient (Wildman–Crippen LogP) is 2.18. The van der Waals surface area contributed by atoms with Crippen molar-refractivity contribution in [3.05, 3.63) is 35.9 Å². The fourth-order valence-corrected chi connectivity index (χ4v) is 1.88. The number of carbonyl (C=O) groups excluding carboxylic acids is 3. The second-order valence-electron chi connectivity index (χ2n) is 3.31. The van der Waals surface area contributed by atoms with Gasteiger partial charge in [-0.05, 0) is 0 Å². The first-order valence-electron chi connectivity index (χ1n) is 4.84. The molecule has 0 radical (unpaired) electrons. The smallest absolute Gasteiger partial charge is 0.176 e. The molecule has 0 amide bonds. The van der Waals surface area contributed by atoms with Gasteiger partial charge in [-0.1, -0.05) is 46.3 Å². The van der Waals surface area contributed by atoms with Crippen molar-refractivity contribution in [3.63, 3.8) is 0 Å². The van der Waals surface area contributed by atoms with Crippen LogP contribution in [0.1, 0.15) is 23.2 Å². The van der Waals surface area contributed by atoms with Crippen molar-refractivity contribution in [2.45, 2.75) is 17.7 Å². The molecule has 0 bridgehead atoms. The maximum atomic E-state index is 11.8. The van der Waals surface area contributed by atoms with Gasteiger partial charge in [0.1, 0.15) is 12.1 Å². The lowest BCUT2D eigenvalue weighted by atomic mass is 10.0. The molecule has 0 spiro atoms. The Morgan fingerprint density at radius 3 is 2.44 bits per heavy atom. The molecule has 84 valence electrons. The molecule has 1 unspecified atom stereocenters. The van der Waals surface area contributed by atoms with Crippen molar-refractivity contribution < 1.29 is 14.4 Å². The van der Waals surface area contributed by atoms with E-state index in [2.05, 4.69) is 15.9 Å². The van der Waals surface area contributed by atoms with Gasteiger partial charge >= 0.3 is 0 Å². The Kier molecular flexibility index (Phi) is 5.05. The molecule has 1 aromatic rings. The topological polar surface area (TPSA) is 51.2 Å². The Bertz CT molecular complexity index is 387. The van der Waals surface area contributed by atoms with Crippen LogP contribution in [0, 0.1) is 0 Å². The van der Waals surface area contributed by atoms with Crippen molar-refractivity contribution in [2.75, 3.05) is 0 Å². The molecule has 0 fully saturated rings. The number of hydrogen-bond donors (Lipinski definition) is 0. The number of aldehydes is 1. The highest BCUT2D eigenvalue weighted by molar-refractivity contribution is 9.10. The minimum Gasteiger partial charge on any atom is -0.303 e. The summed E-state index contributed by atoms with van der Waals surface area (Å²) in [6.07, 6.45) is 0.464. The second-order valence-corrected chi connectivity index (χ2v) is 4.42. The fraction of sp³-hybridized carbons (Fsp3) is 0.250. The summed E-state index contributed by atoms with van der Waals surface area (Å²) >= 11 is 3.16. The third kappa shape index (κ3) is 3.70. The number of carbonyl (C=O) groups is 3. The first-order chi connectivity index (χ1) is 7.65. The molecule has 0 aliphatic carbocycles. The summed E-state index contributed by atoms with van der Waals surface area (Å²) in [5.74, 6) is -0.374. The first kappa shape index (κ1) is 12.8. The quantitative estimate of drug-likeness (QED) is 0.348.